The Balaban J connectivity index is 3.04. The molecule has 0 radical (unpaired) electrons. The number of nitrogens with zero attached hydrogens (tertiary/aromatic N) is 3. The molecule has 0 amide bonds. The molecule has 0 fully saturated rings. The van der Waals surface area contributed by atoms with Crippen LogP contribution in [0.3, 0.4) is 0 Å². The van der Waals surface area contributed by atoms with E-state index in [-0.39, 0.29) is 17.9 Å². The van der Waals surface area contributed by atoms with Gasteiger partial charge < -0.3 is 0 Å². The molecule has 0 unspecified atom stereocenters. The van der Waals surface area contributed by atoms with Crippen LogP contribution in [0.2, 0.25) is 0 Å². The van der Waals surface area contributed by atoms with Crippen molar-refractivity contribution in [2.75, 3.05) is 14.1 Å². The minimum Gasteiger partial charge on any atom is -0.258 e. The lowest BCUT2D eigenvalue weighted by Crippen LogP contribution is -2.29. The molecule has 1 rings (SSSR count). The Hall–Kier alpha value is -2.06. The van der Waals surface area contributed by atoms with Crippen LogP contribution in [0.5, 0.6) is 0 Å². The average molecular weight is 240 g/mol. The second-order valence-electron chi connectivity index (χ2n) is 3.56. The number of hydrogen-bond donors (Lipinski definition) is 1. The summed E-state index contributed by atoms with van der Waals surface area (Å²) in [6.07, 6.45) is 0. The van der Waals surface area contributed by atoms with E-state index in [1.807, 2.05) is 0 Å². The van der Waals surface area contributed by atoms with Crippen LogP contribution in [0.4, 0.5) is 11.4 Å². The summed E-state index contributed by atoms with van der Waals surface area (Å²) in [5, 5.41) is 22.9. The van der Waals surface area contributed by atoms with Gasteiger partial charge in [0.25, 0.3) is 11.4 Å². The summed E-state index contributed by atoms with van der Waals surface area (Å²) in [7, 11) is 3.49. The lowest BCUT2D eigenvalue weighted by Gasteiger charge is -2.11. The smallest absolute Gasteiger partial charge is 0.258 e. The first-order chi connectivity index (χ1) is 7.91. The number of rotatable bonds is 5. The lowest BCUT2D eigenvalue weighted by molar-refractivity contribution is -0.394. The van der Waals surface area contributed by atoms with Gasteiger partial charge in [-0.05, 0) is 6.07 Å². The molecule has 1 aromatic carbocycles. The van der Waals surface area contributed by atoms with E-state index in [4.69, 9.17) is 0 Å². The Kier molecular flexibility index (Phi) is 4.07. The molecule has 0 spiro atoms. The highest BCUT2D eigenvalue weighted by Crippen LogP contribution is 2.24. The van der Waals surface area contributed by atoms with E-state index >= 15 is 0 Å². The quantitative estimate of drug-likeness (QED) is 0.610. The molecular formula is C9H12N4O4. The number of nitro groups is 2. The van der Waals surface area contributed by atoms with Crippen molar-refractivity contribution >= 4 is 11.4 Å². The molecule has 0 atom stereocenters. The first-order valence-corrected chi connectivity index (χ1v) is 4.74. The van der Waals surface area contributed by atoms with Gasteiger partial charge in [0.1, 0.15) is 0 Å². The van der Waals surface area contributed by atoms with E-state index in [1.54, 1.807) is 19.1 Å². The van der Waals surface area contributed by atoms with Crippen LogP contribution >= 0.6 is 0 Å². The van der Waals surface area contributed by atoms with Crippen molar-refractivity contribution < 1.29 is 9.85 Å². The van der Waals surface area contributed by atoms with E-state index in [0.29, 0.717) is 5.56 Å². The molecule has 0 bridgehead atoms. The van der Waals surface area contributed by atoms with E-state index in [2.05, 4.69) is 5.43 Å². The molecule has 0 heterocycles. The fraction of sp³-hybridized carbons (Fsp3) is 0.333. The fourth-order valence-electron chi connectivity index (χ4n) is 1.23. The molecule has 0 aliphatic rings. The summed E-state index contributed by atoms with van der Waals surface area (Å²) in [5.74, 6) is 0. The fourth-order valence-corrected chi connectivity index (χ4v) is 1.23. The van der Waals surface area contributed by atoms with Gasteiger partial charge in [-0.3, -0.25) is 30.7 Å². The second kappa shape index (κ2) is 5.32. The van der Waals surface area contributed by atoms with E-state index in [1.165, 1.54) is 12.1 Å². The molecule has 0 aliphatic carbocycles. The number of hydrazine groups is 1. The first-order valence-electron chi connectivity index (χ1n) is 4.74. The van der Waals surface area contributed by atoms with Crippen molar-refractivity contribution in [1.82, 2.24) is 10.4 Å². The third-order valence-electron chi connectivity index (χ3n) is 2.06. The van der Waals surface area contributed by atoms with E-state index in [9.17, 15) is 20.2 Å². The van der Waals surface area contributed by atoms with Gasteiger partial charge in [-0.2, -0.15) is 0 Å². The molecule has 92 valence electrons. The van der Waals surface area contributed by atoms with Gasteiger partial charge in [0.2, 0.25) is 0 Å². The lowest BCUT2D eigenvalue weighted by atomic mass is 10.1. The minimum absolute atomic E-state index is 0.237. The summed E-state index contributed by atoms with van der Waals surface area (Å²) in [6, 6.07) is 3.60. The maximum Gasteiger partial charge on any atom is 0.280 e. The zero-order valence-electron chi connectivity index (χ0n) is 9.41. The van der Waals surface area contributed by atoms with Crippen molar-refractivity contribution in [2.45, 2.75) is 6.54 Å². The van der Waals surface area contributed by atoms with Crippen LogP contribution in [-0.4, -0.2) is 29.0 Å². The standard InChI is InChI=1S/C9H12N4O4/c1-11(2)10-6-7-3-4-8(12(14)15)5-9(7)13(16)17/h3-5,10H,6H2,1-2H3. The molecule has 0 saturated heterocycles. The molecule has 8 nitrogen and oxygen atoms in total. The maximum absolute atomic E-state index is 10.8. The van der Waals surface area contributed by atoms with Gasteiger partial charge in [0, 0.05) is 32.3 Å². The normalized spacial score (nSPS) is 10.5. The summed E-state index contributed by atoms with van der Waals surface area (Å²) >= 11 is 0. The molecule has 1 N–H and O–H groups in total. The largest absolute Gasteiger partial charge is 0.280 e. The van der Waals surface area contributed by atoms with Gasteiger partial charge in [0.05, 0.1) is 15.9 Å². The molecule has 0 saturated carbocycles. The zero-order chi connectivity index (χ0) is 13.0. The van der Waals surface area contributed by atoms with Gasteiger partial charge in [-0.1, -0.05) is 0 Å². The molecule has 17 heavy (non-hydrogen) atoms. The summed E-state index contributed by atoms with van der Waals surface area (Å²) in [4.78, 5) is 20.0. The monoisotopic (exact) mass is 240 g/mol. The summed E-state index contributed by atoms with van der Waals surface area (Å²) in [5.41, 5.74) is 2.72. The number of benzene rings is 1. The third kappa shape index (κ3) is 3.47. The van der Waals surface area contributed by atoms with Crippen LogP contribution in [0.1, 0.15) is 5.56 Å². The zero-order valence-corrected chi connectivity index (χ0v) is 9.41. The molecule has 1 aromatic rings. The van der Waals surface area contributed by atoms with Crippen LogP contribution < -0.4 is 5.43 Å². The number of nitrogens with one attached hydrogen (secondary N) is 1. The van der Waals surface area contributed by atoms with Crippen LogP contribution in [0.25, 0.3) is 0 Å². The Morgan fingerprint density at radius 3 is 2.35 bits per heavy atom. The summed E-state index contributed by atoms with van der Waals surface area (Å²) in [6.45, 7) is 0.237. The number of non-ortho nitro benzene ring substituents is 1. The van der Waals surface area contributed by atoms with Gasteiger partial charge in [0.15, 0.2) is 0 Å². The first kappa shape index (κ1) is 13.0. The predicted octanol–water partition coefficient (Wildman–Crippen LogP) is 1.07. The van der Waals surface area contributed by atoms with Crippen molar-refractivity contribution in [1.29, 1.82) is 0 Å². The van der Waals surface area contributed by atoms with Gasteiger partial charge in [-0.15, -0.1) is 0 Å². The number of hydrogen-bond acceptors (Lipinski definition) is 6. The topological polar surface area (TPSA) is 102 Å². The summed E-state index contributed by atoms with van der Waals surface area (Å²) < 4.78 is 0. The molecular weight excluding hydrogens is 228 g/mol. The Bertz CT molecular complexity index is 447. The van der Waals surface area contributed by atoms with Gasteiger partial charge >= 0.3 is 0 Å². The van der Waals surface area contributed by atoms with E-state index in [0.717, 1.165) is 6.07 Å². The van der Waals surface area contributed by atoms with Crippen LogP contribution in [-0.2, 0) is 6.54 Å². The molecule has 0 aliphatic heterocycles. The molecule has 8 heteroatoms. The highest BCUT2D eigenvalue weighted by Gasteiger charge is 2.18. The third-order valence-corrected chi connectivity index (χ3v) is 2.06. The van der Waals surface area contributed by atoms with Gasteiger partial charge in [-0.25, -0.2) is 0 Å². The minimum atomic E-state index is -0.657. The highest BCUT2D eigenvalue weighted by molar-refractivity contribution is 5.49. The molecule has 0 aromatic heterocycles. The maximum atomic E-state index is 10.8. The SMILES string of the molecule is CN(C)NCc1ccc([N+](=O)[O-])cc1[N+](=O)[O-]. The predicted molar refractivity (Wildman–Crippen MR) is 60.3 cm³/mol. The average Bonchev–Trinajstić information content (AvgIpc) is 2.25. The van der Waals surface area contributed by atoms with E-state index < -0.39 is 9.85 Å². The second-order valence-corrected chi connectivity index (χ2v) is 3.56. The van der Waals surface area contributed by atoms with Crippen molar-refractivity contribution in [3.05, 3.63) is 44.0 Å². The van der Waals surface area contributed by atoms with Crippen molar-refractivity contribution in [3.63, 3.8) is 0 Å². The van der Waals surface area contributed by atoms with Crippen molar-refractivity contribution in [3.8, 4) is 0 Å². The Morgan fingerprint density at radius 1 is 1.24 bits per heavy atom. The van der Waals surface area contributed by atoms with Crippen molar-refractivity contribution in [2.24, 2.45) is 0 Å². The Labute approximate surface area is 97.1 Å². The highest BCUT2D eigenvalue weighted by atomic mass is 16.6. The Morgan fingerprint density at radius 2 is 1.88 bits per heavy atom. The number of nitro benzene ring substituents is 2. The van der Waals surface area contributed by atoms with Crippen LogP contribution in [0.15, 0.2) is 18.2 Å². The van der Waals surface area contributed by atoms with Crippen LogP contribution in [0, 0.1) is 20.2 Å².